The van der Waals surface area contributed by atoms with Crippen LogP contribution in [-0.4, -0.2) is 18.7 Å². The Balaban J connectivity index is 3.04. The van der Waals surface area contributed by atoms with Gasteiger partial charge in [-0.05, 0) is 65.4 Å². The number of hydrogen-bond acceptors (Lipinski definition) is 3. The van der Waals surface area contributed by atoms with Gasteiger partial charge in [0.05, 0.1) is 0 Å². The molecule has 1 aromatic carbocycles. The highest BCUT2D eigenvalue weighted by Gasteiger charge is 2.24. The van der Waals surface area contributed by atoms with Gasteiger partial charge in [0.25, 0.3) is 0 Å². The SMILES string of the molecule is CNC(C)(C)c1cc(Cl)ccc1NC(=O)OC(C)(C)C. The monoisotopic (exact) mass is 298 g/mol. The van der Waals surface area contributed by atoms with E-state index in [9.17, 15) is 4.79 Å². The van der Waals surface area contributed by atoms with Crippen LogP contribution in [0.5, 0.6) is 0 Å². The zero-order valence-corrected chi connectivity index (χ0v) is 13.7. The van der Waals surface area contributed by atoms with Crippen LogP contribution < -0.4 is 10.6 Å². The van der Waals surface area contributed by atoms with Crippen LogP contribution in [0.3, 0.4) is 0 Å². The molecule has 4 nitrogen and oxygen atoms in total. The van der Waals surface area contributed by atoms with Crippen molar-refractivity contribution in [3.63, 3.8) is 0 Å². The number of ether oxygens (including phenoxy) is 1. The van der Waals surface area contributed by atoms with E-state index < -0.39 is 11.7 Å². The summed E-state index contributed by atoms with van der Waals surface area (Å²) in [5.74, 6) is 0. The fraction of sp³-hybridized carbons (Fsp3) is 0.533. The van der Waals surface area contributed by atoms with Crippen molar-refractivity contribution in [2.24, 2.45) is 0 Å². The Morgan fingerprint density at radius 1 is 1.20 bits per heavy atom. The maximum atomic E-state index is 11.9. The van der Waals surface area contributed by atoms with E-state index in [-0.39, 0.29) is 5.54 Å². The molecule has 0 unspecified atom stereocenters. The number of carbonyl (C=O) groups is 1. The van der Waals surface area contributed by atoms with Gasteiger partial charge in [0.15, 0.2) is 0 Å². The fourth-order valence-electron chi connectivity index (χ4n) is 1.69. The highest BCUT2D eigenvalue weighted by Crippen LogP contribution is 2.30. The summed E-state index contributed by atoms with van der Waals surface area (Å²) in [5, 5.41) is 6.59. The first-order chi connectivity index (χ1) is 9.05. The Bertz CT molecular complexity index is 493. The fourth-order valence-corrected chi connectivity index (χ4v) is 1.86. The minimum Gasteiger partial charge on any atom is -0.444 e. The van der Waals surface area contributed by atoms with E-state index in [2.05, 4.69) is 10.6 Å². The smallest absolute Gasteiger partial charge is 0.412 e. The maximum Gasteiger partial charge on any atom is 0.412 e. The summed E-state index contributed by atoms with van der Waals surface area (Å²) in [6, 6.07) is 5.36. The van der Waals surface area contributed by atoms with E-state index in [1.807, 2.05) is 47.7 Å². The van der Waals surface area contributed by atoms with Crippen LogP contribution in [0.25, 0.3) is 0 Å². The van der Waals surface area contributed by atoms with Crippen LogP contribution in [0.15, 0.2) is 18.2 Å². The summed E-state index contributed by atoms with van der Waals surface area (Å²) >= 11 is 6.05. The summed E-state index contributed by atoms with van der Waals surface area (Å²) in [7, 11) is 1.86. The van der Waals surface area contributed by atoms with Crippen molar-refractivity contribution in [3.8, 4) is 0 Å². The molecule has 1 amide bonds. The minimum absolute atomic E-state index is 0.324. The van der Waals surface area contributed by atoms with Crippen molar-refractivity contribution in [3.05, 3.63) is 28.8 Å². The molecule has 1 aromatic rings. The first kappa shape index (κ1) is 16.8. The van der Waals surface area contributed by atoms with E-state index in [0.717, 1.165) is 5.56 Å². The number of carbonyl (C=O) groups excluding carboxylic acids is 1. The highest BCUT2D eigenvalue weighted by molar-refractivity contribution is 6.30. The molecule has 0 bridgehead atoms. The lowest BCUT2D eigenvalue weighted by Gasteiger charge is -2.28. The predicted molar refractivity (Wildman–Crippen MR) is 83.4 cm³/mol. The second kappa shape index (κ2) is 6.02. The van der Waals surface area contributed by atoms with Crippen LogP contribution in [0.2, 0.25) is 5.02 Å². The number of hydrogen-bond donors (Lipinski definition) is 2. The number of halogens is 1. The molecule has 0 spiro atoms. The molecule has 0 aliphatic carbocycles. The number of amides is 1. The van der Waals surface area contributed by atoms with Crippen molar-refractivity contribution < 1.29 is 9.53 Å². The number of benzene rings is 1. The number of rotatable bonds is 3. The summed E-state index contributed by atoms with van der Waals surface area (Å²) in [6.45, 7) is 9.50. The molecule has 0 aliphatic heterocycles. The third-order valence-corrected chi connectivity index (χ3v) is 3.15. The van der Waals surface area contributed by atoms with Crippen molar-refractivity contribution in [2.45, 2.75) is 45.8 Å². The van der Waals surface area contributed by atoms with Crippen molar-refractivity contribution >= 4 is 23.4 Å². The molecule has 112 valence electrons. The van der Waals surface area contributed by atoms with Gasteiger partial charge in [0.1, 0.15) is 5.60 Å². The molecule has 20 heavy (non-hydrogen) atoms. The lowest BCUT2D eigenvalue weighted by Crippen LogP contribution is -2.35. The van der Waals surface area contributed by atoms with Crippen LogP contribution >= 0.6 is 11.6 Å². The third kappa shape index (κ3) is 4.69. The van der Waals surface area contributed by atoms with Crippen LogP contribution in [0.4, 0.5) is 10.5 Å². The molecule has 0 aromatic heterocycles. The van der Waals surface area contributed by atoms with Crippen LogP contribution in [-0.2, 0) is 10.3 Å². The second-order valence-electron chi connectivity index (χ2n) is 6.19. The Labute approximate surface area is 125 Å². The van der Waals surface area contributed by atoms with Crippen molar-refractivity contribution in [1.29, 1.82) is 0 Å². The largest absolute Gasteiger partial charge is 0.444 e. The Hall–Kier alpha value is -1.26. The summed E-state index contributed by atoms with van der Waals surface area (Å²) < 4.78 is 5.27. The quantitative estimate of drug-likeness (QED) is 0.881. The van der Waals surface area contributed by atoms with E-state index in [4.69, 9.17) is 16.3 Å². The molecule has 0 saturated heterocycles. The molecule has 2 N–H and O–H groups in total. The molecule has 5 heteroatoms. The van der Waals surface area contributed by atoms with Gasteiger partial charge in [-0.15, -0.1) is 0 Å². The van der Waals surface area contributed by atoms with Crippen LogP contribution in [0, 0.1) is 0 Å². The topological polar surface area (TPSA) is 50.4 Å². The van der Waals surface area contributed by atoms with Gasteiger partial charge < -0.3 is 10.1 Å². The van der Waals surface area contributed by atoms with Gasteiger partial charge in [0.2, 0.25) is 0 Å². The highest BCUT2D eigenvalue weighted by atomic mass is 35.5. The lowest BCUT2D eigenvalue weighted by atomic mass is 9.93. The van der Waals surface area contributed by atoms with E-state index in [1.165, 1.54) is 0 Å². The number of nitrogens with one attached hydrogen (secondary N) is 2. The van der Waals surface area contributed by atoms with E-state index >= 15 is 0 Å². The summed E-state index contributed by atoms with van der Waals surface area (Å²) in [4.78, 5) is 11.9. The molecule has 0 atom stereocenters. The molecular formula is C15H23ClN2O2. The second-order valence-corrected chi connectivity index (χ2v) is 6.63. The third-order valence-electron chi connectivity index (χ3n) is 2.92. The first-order valence-electron chi connectivity index (χ1n) is 6.54. The number of anilines is 1. The standard InChI is InChI=1S/C15H23ClN2O2/c1-14(2,3)20-13(19)18-12-8-7-10(16)9-11(12)15(4,5)17-6/h7-9,17H,1-6H3,(H,18,19). The Morgan fingerprint density at radius 3 is 2.30 bits per heavy atom. The maximum absolute atomic E-state index is 11.9. The van der Waals surface area contributed by atoms with Crippen LogP contribution in [0.1, 0.15) is 40.2 Å². The molecule has 1 rings (SSSR count). The van der Waals surface area contributed by atoms with Crippen molar-refractivity contribution in [1.82, 2.24) is 5.32 Å². The van der Waals surface area contributed by atoms with E-state index in [1.54, 1.807) is 12.1 Å². The van der Waals surface area contributed by atoms with Gasteiger partial charge in [-0.3, -0.25) is 5.32 Å². The van der Waals surface area contributed by atoms with Gasteiger partial charge >= 0.3 is 6.09 Å². The molecule has 0 heterocycles. The van der Waals surface area contributed by atoms with Gasteiger partial charge in [-0.25, -0.2) is 4.79 Å². The zero-order valence-electron chi connectivity index (χ0n) is 12.9. The normalized spacial score (nSPS) is 12.2. The zero-order chi connectivity index (χ0) is 15.6. The summed E-state index contributed by atoms with van der Waals surface area (Å²) in [5.41, 5.74) is 0.728. The molecule has 0 fully saturated rings. The first-order valence-corrected chi connectivity index (χ1v) is 6.92. The van der Waals surface area contributed by atoms with Gasteiger partial charge in [0, 0.05) is 16.2 Å². The van der Waals surface area contributed by atoms with Gasteiger partial charge in [-0.1, -0.05) is 11.6 Å². The van der Waals surface area contributed by atoms with E-state index in [0.29, 0.717) is 10.7 Å². The summed E-state index contributed by atoms with van der Waals surface area (Å²) in [6.07, 6.45) is -0.479. The lowest BCUT2D eigenvalue weighted by molar-refractivity contribution is 0.0635. The molecule has 0 aliphatic rings. The average Bonchev–Trinajstić information content (AvgIpc) is 2.29. The predicted octanol–water partition coefficient (Wildman–Crippen LogP) is 4.14. The Kier molecular flexibility index (Phi) is 5.05. The molecule has 0 radical (unpaired) electrons. The molecule has 0 saturated carbocycles. The minimum atomic E-state index is -0.533. The average molecular weight is 299 g/mol. The molecular weight excluding hydrogens is 276 g/mol. The van der Waals surface area contributed by atoms with Gasteiger partial charge in [-0.2, -0.15) is 0 Å². The van der Waals surface area contributed by atoms with Crippen molar-refractivity contribution in [2.75, 3.05) is 12.4 Å². The Morgan fingerprint density at radius 2 is 1.80 bits per heavy atom.